The highest BCUT2D eigenvalue weighted by atomic mass is 16.5. The van der Waals surface area contributed by atoms with Gasteiger partial charge in [0.15, 0.2) is 0 Å². The minimum atomic E-state index is -0.436. The maximum absolute atomic E-state index is 12.5. The number of hydrogen-bond donors (Lipinski definition) is 1. The monoisotopic (exact) mass is 397 g/mol. The van der Waals surface area contributed by atoms with E-state index in [-0.39, 0.29) is 19.1 Å². The quantitative estimate of drug-likeness (QED) is 0.725. The first kappa shape index (κ1) is 20.7. The van der Waals surface area contributed by atoms with Gasteiger partial charge in [0, 0.05) is 26.2 Å². The fourth-order valence-electron chi connectivity index (χ4n) is 3.41. The van der Waals surface area contributed by atoms with E-state index >= 15 is 0 Å². The summed E-state index contributed by atoms with van der Waals surface area (Å²) in [6, 6.07) is 14.9. The van der Waals surface area contributed by atoms with Crippen molar-refractivity contribution in [3.63, 3.8) is 0 Å². The van der Waals surface area contributed by atoms with Crippen molar-refractivity contribution < 1.29 is 19.1 Å². The molecular weight excluding hydrogens is 370 g/mol. The zero-order valence-electron chi connectivity index (χ0n) is 16.9. The number of piperazine rings is 1. The van der Waals surface area contributed by atoms with Crippen LogP contribution in [0.3, 0.4) is 0 Å². The lowest BCUT2D eigenvalue weighted by Gasteiger charge is -2.36. The fraction of sp³-hybridized carbons (Fsp3) is 0.364. The number of anilines is 2. The zero-order valence-corrected chi connectivity index (χ0v) is 16.9. The molecule has 0 radical (unpaired) electrons. The molecule has 1 aliphatic rings. The summed E-state index contributed by atoms with van der Waals surface area (Å²) in [5.74, 6) is 0.274. The van der Waals surface area contributed by atoms with Crippen LogP contribution in [0.1, 0.15) is 17.3 Å². The van der Waals surface area contributed by atoms with E-state index in [1.165, 1.54) is 0 Å². The van der Waals surface area contributed by atoms with Gasteiger partial charge in [-0.3, -0.25) is 9.69 Å². The molecule has 1 aliphatic heterocycles. The Kier molecular flexibility index (Phi) is 7.08. The second-order valence-electron chi connectivity index (χ2n) is 6.75. The number of carbonyl (C=O) groups excluding carboxylic acids is 2. The summed E-state index contributed by atoms with van der Waals surface area (Å²) < 4.78 is 10.5. The second kappa shape index (κ2) is 9.93. The summed E-state index contributed by atoms with van der Waals surface area (Å²) >= 11 is 0. The minimum Gasteiger partial charge on any atom is -0.495 e. The number of nitrogens with one attached hydrogen (secondary N) is 1. The van der Waals surface area contributed by atoms with Crippen LogP contribution in [0.2, 0.25) is 0 Å². The van der Waals surface area contributed by atoms with E-state index in [0.717, 1.165) is 37.6 Å². The van der Waals surface area contributed by atoms with E-state index in [9.17, 15) is 9.59 Å². The Labute approximate surface area is 171 Å². The van der Waals surface area contributed by atoms with Gasteiger partial charge in [-0.25, -0.2) is 4.79 Å². The number of para-hydroxylation sites is 3. The van der Waals surface area contributed by atoms with Gasteiger partial charge >= 0.3 is 5.97 Å². The molecule has 0 aromatic heterocycles. The van der Waals surface area contributed by atoms with Crippen LogP contribution in [-0.2, 0) is 9.53 Å². The number of rotatable bonds is 7. The standard InChI is InChI=1S/C22H27N3O4/c1-3-29-22(27)17-8-4-5-9-18(17)23-21(26)16-24-12-14-25(15-13-24)19-10-6-7-11-20(19)28-2/h4-11H,3,12-16H2,1-2H3,(H,23,26). The van der Waals surface area contributed by atoms with Gasteiger partial charge in [-0.15, -0.1) is 0 Å². The lowest BCUT2D eigenvalue weighted by Crippen LogP contribution is -2.48. The maximum atomic E-state index is 12.5. The third-order valence-electron chi connectivity index (χ3n) is 4.86. The predicted molar refractivity (Wildman–Crippen MR) is 113 cm³/mol. The van der Waals surface area contributed by atoms with E-state index in [2.05, 4.69) is 15.1 Å². The number of ether oxygens (including phenoxy) is 2. The Hall–Kier alpha value is -3.06. The van der Waals surface area contributed by atoms with Crippen LogP contribution in [0.5, 0.6) is 5.75 Å². The minimum absolute atomic E-state index is 0.146. The number of methoxy groups -OCH3 is 1. The lowest BCUT2D eigenvalue weighted by atomic mass is 10.1. The molecule has 1 fully saturated rings. The van der Waals surface area contributed by atoms with Gasteiger partial charge in [0.1, 0.15) is 5.75 Å². The largest absolute Gasteiger partial charge is 0.495 e. The van der Waals surface area contributed by atoms with Crippen LogP contribution in [0.15, 0.2) is 48.5 Å². The molecular formula is C22H27N3O4. The summed E-state index contributed by atoms with van der Waals surface area (Å²) in [4.78, 5) is 29.0. The molecule has 0 bridgehead atoms. The average molecular weight is 397 g/mol. The molecule has 7 heteroatoms. The molecule has 1 heterocycles. The fourth-order valence-corrected chi connectivity index (χ4v) is 3.41. The number of hydrogen-bond acceptors (Lipinski definition) is 6. The molecule has 0 aliphatic carbocycles. The topological polar surface area (TPSA) is 71.1 Å². The van der Waals surface area contributed by atoms with Crippen LogP contribution in [0, 0.1) is 0 Å². The molecule has 1 saturated heterocycles. The Morgan fingerprint density at radius 3 is 2.41 bits per heavy atom. The highest BCUT2D eigenvalue weighted by molar-refractivity contribution is 6.01. The smallest absolute Gasteiger partial charge is 0.340 e. The lowest BCUT2D eigenvalue weighted by molar-refractivity contribution is -0.117. The van der Waals surface area contributed by atoms with Crippen LogP contribution >= 0.6 is 0 Å². The average Bonchev–Trinajstić information content (AvgIpc) is 2.75. The summed E-state index contributed by atoms with van der Waals surface area (Å²) in [5.41, 5.74) is 1.91. The van der Waals surface area contributed by atoms with Crippen LogP contribution in [0.25, 0.3) is 0 Å². The number of carbonyl (C=O) groups is 2. The molecule has 0 unspecified atom stereocenters. The highest BCUT2D eigenvalue weighted by Crippen LogP contribution is 2.28. The van der Waals surface area contributed by atoms with Gasteiger partial charge in [0.25, 0.3) is 0 Å². The van der Waals surface area contributed by atoms with Gasteiger partial charge in [-0.2, -0.15) is 0 Å². The Bertz CT molecular complexity index is 847. The van der Waals surface area contributed by atoms with E-state index in [4.69, 9.17) is 9.47 Å². The normalized spacial score (nSPS) is 14.3. The Balaban J connectivity index is 1.55. The van der Waals surface area contributed by atoms with Crippen LogP contribution in [-0.4, -0.2) is 63.2 Å². The molecule has 0 saturated carbocycles. The van der Waals surface area contributed by atoms with Crippen molar-refractivity contribution in [2.24, 2.45) is 0 Å². The molecule has 1 N–H and O–H groups in total. The van der Waals surface area contributed by atoms with Crippen molar-refractivity contribution >= 4 is 23.3 Å². The SMILES string of the molecule is CCOC(=O)c1ccccc1NC(=O)CN1CCN(c2ccccc2OC)CC1. The Morgan fingerprint density at radius 2 is 1.69 bits per heavy atom. The van der Waals surface area contributed by atoms with Gasteiger partial charge < -0.3 is 19.7 Å². The molecule has 154 valence electrons. The first-order chi connectivity index (χ1) is 14.1. The zero-order chi connectivity index (χ0) is 20.6. The third kappa shape index (κ3) is 5.26. The van der Waals surface area contributed by atoms with Gasteiger partial charge in [0.05, 0.1) is 37.2 Å². The second-order valence-corrected chi connectivity index (χ2v) is 6.75. The number of nitrogens with zero attached hydrogens (tertiary/aromatic N) is 2. The van der Waals surface area contributed by atoms with E-state index in [1.54, 1.807) is 38.3 Å². The molecule has 3 rings (SSSR count). The molecule has 7 nitrogen and oxygen atoms in total. The number of amides is 1. The molecule has 0 atom stereocenters. The van der Waals surface area contributed by atoms with Crippen molar-refractivity contribution in [1.82, 2.24) is 4.90 Å². The predicted octanol–water partition coefficient (Wildman–Crippen LogP) is 2.63. The molecule has 1 amide bonds. The third-order valence-corrected chi connectivity index (χ3v) is 4.86. The van der Waals surface area contributed by atoms with Gasteiger partial charge in [-0.05, 0) is 31.2 Å². The summed E-state index contributed by atoms with van der Waals surface area (Å²) in [7, 11) is 1.67. The number of benzene rings is 2. The van der Waals surface area contributed by atoms with Crippen molar-refractivity contribution in [2.75, 3.05) is 56.7 Å². The summed E-state index contributed by atoms with van der Waals surface area (Å²) in [6.07, 6.45) is 0. The van der Waals surface area contributed by atoms with Crippen molar-refractivity contribution in [1.29, 1.82) is 0 Å². The first-order valence-corrected chi connectivity index (χ1v) is 9.78. The summed E-state index contributed by atoms with van der Waals surface area (Å²) in [5, 5.41) is 2.84. The van der Waals surface area contributed by atoms with Crippen molar-refractivity contribution in [3.05, 3.63) is 54.1 Å². The van der Waals surface area contributed by atoms with E-state index < -0.39 is 5.97 Å². The van der Waals surface area contributed by atoms with E-state index in [0.29, 0.717) is 11.3 Å². The molecule has 2 aromatic carbocycles. The highest BCUT2D eigenvalue weighted by Gasteiger charge is 2.22. The van der Waals surface area contributed by atoms with Crippen molar-refractivity contribution in [2.45, 2.75) is 6.92 Å². The molecule has 2 aromatic rings. The van der Waals surface area contributed by atoms with Gasteiger partial charge in [-0.1, -0.05) is 24.3 Å². The molecule has 29 heavy (non-hydrogen) atoms. The van der Waals surface area contributed by atoms with Crippen molar-refractivity contribution in [3.8, 4) is 5.75 Å². The first-order valence-electron chi connectivity index (χ1n) is 9.78. The van der Waals surface area contributed by atoms with Crippen LogP contribution in [0.4, 0.5) is 11.4 Å². The van der Waals surface area contributed by atoms with Gasteiger partial charge in [0.2, 0.25) is 5.91 Å². The maximum Gasteiger partial charge on any atom is 0.340 e. The number of esters is 1. The van der Waals surface area contributed by atoms with E-state index in [1.807, 2.05) is 24.3 Å². The Morgan fingerprint density at radius 1 is 1.00 bits per heavy atom. The summed E-state index contributed by atoms with van der Waals surface area (Å²) in [6.45, 7) is 5.48. The molecule has 0 spiro atoms. The van der Waals surface area contributed by atoms with Crippen LogP contribution < -0.4 is 15.0 Å².